The van der Waals surface area contributed by atoms with Crippen LogP contribution >= 0.6 is 0 Å². The van der Waals surface area contributed by atoms with Crippen LogP contribution in [-0.2, 0) is 4.79 Å². The number of likely N-dealkylation sites (tertiary alicyclic amines) is 1. The lowest BCUT2D eigenvalue weighted by atomic mass is 10.1. The van der Waals surface area contributed by atoms with E-state index in [2.05, 4.69) is 10.3 Å². The average molecular weight is 395 g/mol. The standard InChI is InChI=1S/C19H21F2N3O2.C2H6.2H2/c1-11-3-4-14-13(7-11)8-15(23-14)16(25)22-12(2)17(26)24-6-5-18(10-24)9-19(18,20)21;1-2;;/h3-4,7-8,12,23H,5-6,9-10H2,1-2H3,(H,22,25);1-2H3;2*1H/t12-,18-;;;/m1.../s1. The fourth-order valence-corrected chi connectivity index (χ4v) is 3.87. The van der Waals surface area contributed by atoms with E-state index in [0.29, 0.717) is 18.7 Å². The van der Waals surface area contributed by atoms with Crippen LogP contribution in [0.25, 0.3) is 10.9 Å². The Morgan fingerprint density at radius 3 is 2.57 bits per heavy atom. The maximum absolute atomic E-state index is 13.5. The van der Waals surface area contributed by atoms with Crippen molar-refractivity contribution in [2.75, 3.05) is 13.1 Å². The third kappa shape index (κ3) is 3.50. The van der Waals surface area contributed by atoms with Crippen LogP contribution in [0, 0.1) is 12.3 Å². The molecule has 156 valence electrons. The predicted octanol–water partition coefficient (Wildman–Crippen LogP) is 4.37. The first kappa shape index (κ1) is 20.3. The molecule has 1 saturated heterocycles. The molecule has 4 rings (SSSR count). The van der Waals surface area contributed by atoms with Gasteiger partial charge in [-0.1, -0.05) is 25.5 Å². The zero-order valence-electron chi connectivity index (χ0n) is 16.7. The number of carbonyl (C=O) groups is 2. The molecule has 0 bridgehead atoms. The third-order valence-electron chi connectivity index (χ3n) is 5.62. The monoisotopic (exact) mass is 395 g/mol. The number of rotatable bonds is 3. The van der Waals surface area contributed by atoms with Gasteiger partial charge in [-0.25, -0.2) is 8.78 Å². The van der Waals surface area contributed by atoms with E-state index < -0.39 is 17.4 Å². The average Bonchev–Trinajstić information content (AvgIpc) is 3.04. The first-order valence-corrected chi connectivity index (χ1v) is 9.78. The lowest BCUT2D eigenvalue weighted by molar-refractivity contribution is -0.132. The summed E-state index contributed by atoms with van der Waals surface area (Å²) in [5.41, 5.74) is 1.28. The summed E-state index contributed by atoms with van der Waals surface area (Å²) < 4.78 is 27.0. The molecule has 1 saturated carbocycles. The van der Waals surface area contributed by atoms with E-state index in [0.717, 1.165) is 16.5 Å². The number of halogens is 2. The minimum atomic E-state index is -2.66. The van der Waals surface area contributed by atoms with Crippen LogP contribution in [0.2, 0.25) is 0 Å². The van der Waals surface area contributed by atoms with Gasteiger partial charge >= 0.3 is 0 Å². The van der Waals surface area contributed by atoms with Crippen LogP contribution in [0.3, 0.4) is 0 Å². The summed E-state index contributed by atoms with van der Waals surface area (Å²) in [4.78, 5) is 29.4. The second-order valence-electron chi connectivity index (χ2n) is 7.64. The molecule has 2 atom stereocenters. The lowest BCUT2D eigenvalue weighted by Crippen LogP contribution is -2.46. The number of aromatic nitrogens is 1. The predicted molar refractivity (Wildman–Crippen MR) is 109 cm³/mol. The van der Waals surface area contributed by atoms with E-state index in [9.17, 15) is 18.4 Å². The summed E-state index contributed by atoms with van der Waals surface area (Å²) in [6.45, 7) is 7.95. The second kappa shape index (κ2) is 7.18. The van der Waals surface area contributed by atoms with Crippen LogP contribution in [0.4, 0.5) is 8.78 Å². The number of aryl methyl sites for hydroxylation is 1. The van der Waals surface area contributed by atoms with E-state index in [-0.39, 0.29) is 27.6 Å². The smallest absolute Gasteiger partial charge is 0.268 e. The fraction of sp³-hybridized carbons (Fsp3) is 0.524. The Balaban J connectivity index is 0.00000109. The van der Waals surface area contributed by atoms with Crippen molar-refractivity contribution >= 4 is 22.7 Å². The van der Waals surface area contributed by atoms with Crippen LogP contribution in [0.15, 0.2) is 24.3 Å². The van der Waals surface area contributed by atoms with Crippen molar-refractivity contribution in [3.8, 4) is 0 Å². The normalized spacial score (nSPS) is 23.3. The molecule has 1 aromatic carbocycles. The fourth-order valence-electron chi connectivity index (χ4n) is 3.87. The quantitative estimate of drug-likeness (QED) is 0.810. The molecule has 1 aromatic heterocycles. The van der Waals surface area contributed by atoms with Gasteiger partial charge in [-0.15, -0.1) is 0 Å². The van der Waals surface area contributed by atoms with Crippen molar-refractivity contribution in [3.05, 3.63) is 35.5 Å². The molecule has 2 amide bonds. The molecule has 2 N–H and O–H groups in total. The van der Waals surface area contributed by atoms with E-state index in [1.807, 2.05) is 39.0 Å². The summed E-state index contributed by atoms with van der Waals surface area (Å²) in [7, 11) is 0. The molecule has 28 heavy (non-hydrogen) atoms. The Bertz CT molecular complexity index is 919. The molecule has 2 aliphatic rings. The Labute approximate surface area is 166 Å². The number of amides is 2. The van der Waals surface area contributed by atoms with E-state index >= 15 is 0 Å². The number of nitrogens with one attached hydrogen (secondary N) is 2. The maximum Gasteiger partial charge on any atom is 0.268 e. The summed E-state index contributed by atoms with van der Waals surface area (Å²) in [6, 6.07) is 6.79. The highest BCUT2D eigenvalue weighted by atomic mass is 19.3. The molecule has 1 aliphatic carbocycles. The van der Waals surface area contributed by atoms with Gasteiger partial charge in [-0.2, -0.15) is 0 Å². The first-order valence-electron chi connectivity index (χ1n) is 9.78. The number of nitrogens with zero attached hydrogens (tertiary/aromatic N) is 1. The van der Waals surface area contributed by atoms with Gasteiger partial charge in [0.1, 0.15) is 11.7 Å². The molecular weight excluding hydrogens is 364 g/mol. The number of alkyl halides is 2. The second-order valence-corrected chi connectivity index (χ2v) is 7.64. The number of H-pyrrole nitrogens is 1. The maximum atomic E-state index is 13.5. The molecular formula is C21H31F2N3O2. The zero-order chi connectivity index (χ0) is 20.7. The summed E-state index contributed by atoms with van der Waals surface area (Å²) in [6.07, 6.45) is 0.187. The molecule has 7 heteroatoms. The van der Waals surface area contributed by atoms with Gasteiger partial charge in [-0.3, -0.25) is 9.59 Å². The molecule has 1 aliphatic heterocycles. The molecule has 2 heterocycles. The number of hydrogen-bond donors (Lipinski definition) is 2. The van der Waals surface area contributed by atoms with E-state index in [4.69, 9.17) is 0 Å². The number of hydrogen-bond acceptors (Lipinski definition) is 2. The van der Waals surface area contributed by atoms with Crippen molar-refractivity contribution in [3.63, 3.8) is 0 Å². The van der Waals surface area contributed by atoms with Crippen LogP contribution in [0.5, 0.6) is 0 Å². The molecule has 5 nitrogen and oxygen atoms in total. The van der Waals surface area contributed by atoms with Crippen molar-refractivity contribution in [1.29, 1.82) is 0 Å². The Morgan fingerprint density at radius 1 is 1.29 bits per heavy atom. The number of aromatic amines is 1. The molecule has 0 radical (unpaired) electrons. The summed E-state index contributed by atoms with van der Waals surface area (Å²) in [5.74, 6) is -3.35. The molecule has 0 unspecified atom stereocenters. The van der Waals surface area contributed by atoms with Gasteiger partial charge in [0.05, 0.1) is 5.41 Å². The number of fused-ring (bicyclic) bond motifs is 1. The van der Waals surface area contributed by atoms with Gasteiger partial charge in [0.2, 0.25) is 5.91 Å². The van der Waals surface area contributed by atoms with Gasteiger partial charge in [0.25, 0.3) is 11.8 Å². The highest BCUT2D eigenvalue weighted by Gasteiger charge is 2.73. The molecule has 2 aromatic rings. The molecule has 2 fully saturated rings. The van der Waals surface area contributed by atoms with E-state index in [1.165, 1.54) is 4.90 Å². The highest BCUT2D eigenvalue weighted by Crippen LogP contribution is 2.65. The first-order chi connectivity index (χ1) is 13.2. The number of benzene rings is 1. The van der Waals surface area contributed by atoms with Gasteiger partial charge < -0.3 is 15.2 Å². The van der Waals surface area contributed by atoms with Crippen molar-refractivity contribution in [2.45, 2.75) is 52.5 Å². The van der Waals surface area contributed by atoms with Gasteiger partial charge in [0.15, 0.2) is 0 Å². The Kier molecular flexibility index (Phi) is 5.21. The minimum Gasteiger partial charge on any atom is -0.351 e. The molecule has 1 spiro atoms. The summed E-state index contributed by atoms with van der Waals surface area (Å²) in [5, 5.41) is 3.59. The van der Waals surface area contributed by atoms with Crippen LogP contribution in [-0.4, -0.2) is 46.8 Å². The summed E-state index contributed by atoms with van der Waals surface area (Å²) >= 11 is 0. The van der Waals surface area contributed by atoms with Crippen molar-refractivity contribution in [1.82, 2.24) is 15.2 Å². The highest BCUT2D eigenvalue weighted by molar-refractivity contribution is 6.00. The van der Waals surface area contributed by atoms with Crippen LogP contribution < -0.4 is 5.32 Å². The number of carbonyl (C=O) groups excluding carboxylic acids is 2. The SMILES string of the molecule is CC.Cc1ccc2[nH]c(C(=O)N[C@H](C)C(=O)N3CC[C@]4(C3)CC4(F)F)cc2c1.[HH].[HH]. The Morgan fingerprint density at radius 2 is 1.96 bits per heavy atom. The van der Waals surface area contributed by atoms with Gasteiger partial charge in [-0.05, 0) is 38.5 Å². The minimum absolute atomic E-state index is 0. The Hall–Kier alpha value is -2.44. The largest absolute Gasteiger partial charge is 0.351 e. The van der Waals surface area contributed by atoms with Gasteiger partial charge in [0, 0.05) is 33.3 Å². The van der Waals surface area contributed by atoms with Crippen molar-refractivity contribution in [2.24, 2.45) is 5.41 Å². The lowest BCUT2D eigenvalue weighted by Gasteiger charge is -2.21. The zero-order valence-corrected chi connectivity index (χ0v) is 16.7. The van der Waals surface area contributed by atoms with Crippen LogP contribution in [0.1, 0.15) is 52.5 Å². The van der Waals surface area contributed by atoms with Crippen molar-refractivity contribution < 1.29 is 21.2 Å². The van der Waals surface area contributed by atoms with E-state index in [1.54, 1.807) is 13.0 Å². The third-order valence-corrected chi connectivity index (χ3v) is 5.62. The topological polar surface area (TPSA) is 65.2 Å².